The number of rotatable bonds is 5. The standard InChI is InChI=1S/C16H13Cl2N3O2/c17-12-6-4-11(5-7-12)10-19-21-16(23)9-15(22)20-14-3-1-2-13(18)8-14/h1-8,10H,9H2,(H,20,22)(H,21,23)/b19-10+. The fourth-order valence-corrected chi connectivity index (χ4v) is 2.00. The SMILES string of the molecule is O=C(CC(=O)Nc1cccc(Cl)c1)N/N=C/c1ccc(Cl)cc1. The molecule has 0 radical (unpaired) electrons. The zero-order valence-corrected chi connectivity index (χ0v) is 13.4. The van der Waals surface area contributed by atoms with E-state index in [1.165, 1.54) is 6.21 Å². The lowest BCUT2D eigenvalue weighted by atomic mass is 10.2. The van der Waals surface area contributed by atoms with Gasteiger partial charge in [-0.1, -0.05) is 41.4 Å². The lowest BCUT2D eigenvalue weighted by Gasteiger charge is -2.04. The Bertz CT molecular complexity index is 730. The molecule has 0 atom stereocenters. The van der Waals surface area contributed by atoms with Gasteiger partial charge >= 0.3 is 0 Å². The van der Waals surface area contributed by atoms with Crippen molar-refractivity contribution in [1.82, 2.24) is 5.43 Å². The first-order chi connectivity index (χ1) is 11.0. The molecule has 0 spiro atoms. The molecular formula is C16H13Cl2N3O2. The Kier molecular flexibility index (Phi) is 6.14. The van der Waals surface area contributed by atoms with Crippen LogP contribution in [0.25, 0.3) is 0 Å². The summed E-state index contributed by atoms with van der Waals surface area (Å²) in [5.74, 6) is -0.971. The second-order valence-corrected chi connectivity index (χ2v) is 5.45. The van der Waals surface area contributed by atoms with Crippen LogP contribution in [0.5, 0.6) is 0 Å². The Labute approximate surface area is 143 Å². The summed E-state index contributed by atoms with van der Waals surface area (Å²) in [6.07, 6.45) is 1.12. The number of amides is 2. The molecule has 118 valence electrons. The van der Waals surface area contributed by atoms with E-state index in [4.69, 9.17) is 23.2 Å². The molecule has 0 aliphatic rings. The predicted molar refractivity (Wildman–Crippen MR) is 91.9 cm³/mol. The second kappa shape index (κ2) is 8.31. The van der Waals surface area contributed by atoms with Crippen molar-refractivity contribution < 1.29 is 9.59 Å². The van der Waals surface area contributed by atoms with E-state index in [9.17, 15) is 9.59 Å². The average Bonchev–Trinajstić information content (AvgIpc) is 2.49. The lowest BCUT2D eigenvalue weighted by molar-refractivity contribution is -0.126. The van der Waals surface area contributed by atoms with Gasteiger partial charge in [-0.15, -0.1) is 0 Å². The first kappa shape index (κ1) is 17.0. The zero-order chi connectivity index (χ0) is 16.7. The highest BCUT2D eigenvalue weighted by atomic mass is 35.5. The minimum absolute atomic E-state index is 0.343. The lowest BCUT2D eigenvalue weighted by Crippen LogP contribution is -2.24. The molecule has 23 heavy (non-hydrogen) atoms. The first-order valence-electron chi connectivity index (χ1n) is 6.66. The molecule has 2 aromatic carbocycles. The number of hydrogen-bond acceptors (Lipinski definition) is 3. The Balaban J connectivity index is 1.80. The van der Waals surface area contributed by atoms with E-state index in [1.54, 1.807) is 48.5 Å². The van der Waals surface area contributed by atoms with Crippen molar-refractivity contribution in [3.05, 3.63) is 64.1 Å². The second-order valence-electron chi connectivity index (χ2n) is 4.58. The van der Waals surface area contributed by atoms with Crippen molar-refractivity contribution in [2.24, 2.45) is 5.10 Å². The van der Waals surface area contributed by atoms with Gasteiger partial charge in [0.25, 0.3) is 0 Å². The van der Waals surface area contributed by atoms with Crippen molar-refractivity contribution in [3.8, 4) is 0 Å². The van der Waals surface area contributed by atoms with Crippen LogP contribution in [-0.4, -0.2) is 18.0 Å². The van der Waals surface area contributed by atoms with Crippen LogP contribution in [-0.2, 0) is 9.59 Å². The molecule has 0 unspecified atom stereocenters. The number of halogens is 2. The van der Waals surface area contributed by atoms with Gasteiger partial charge in [0, 0.05) is 15.7 Å². The summed E-state index contributed by atoms with van der Waals surface area (Å²) in [4.78, 5) is 23.3. The van der Waals surface area contributed by atoms with Gasteiger partial charge in [0.1, 0.15) is 6.42 Å². The van der Waals surface area contributed by atoms with Crippen LogP contribution in [0.4, 0.5) is 5.69 Å². The van der Waals surface area contributed by atoms with Crippen LogP contribution in [0, 0.1) is 0 Å². The molecule has 2 amide bonds. The van der Waals surface area contributed by atoms with Gasteiger partial charge in [0.05, 0.1) is 6.21 Å². The summed E-state index contributed by atoms with van der Waals surface area (Å²) in [5.41, 5.74) is 3.59. The van der Waals surface area contributed by atoms with Crippen molar-refractivity contribution in [3.63, 3.8) is 0 Å². The summed E-state index contributed by atoms with van der Waals surface area (Å²) in [7, 11) is 0. The zero-order valence-electron chi connectivity index (χ0n) is 11.9. The minimum Gasteiger partial charge on any atom is -0.326 e. The third-order valence-electron chi connectivity index (χ3n) is 2.70. The van der Waals surface area contributed by atoms with Gasteiger partial charge in [0.15, 0.2) is 0 Å². The summed E-state index contributed by atoms with van der Waals surface area (Å²) < 4.78 is 0. The maximum Gasteiger partial charge on any atom is 0.249 e. The predicted octanol–water partition coefficient (Wildman–Crippen LogP) is 3.47. The molecule has 2 rings (SSSR count). The van der Waals surface area contributed by atoms with Crippen LogP contribution in [0.2, 0.25) is 10.0 Å². The number of carbonyl (C=O) groups is 2. The maximum absolute atomic E-state index is 11.7. The monoisotopic (exact) mass is 349 g/mol. The molecule has 0 saturated carbocycles. The normalized spacial score (nSPS) is 10.5. The highest BCUT2D eigenvalue weighted by Crippen LogP contribution is 2.14. The largest absolute Gasteiger partial charge is 0.326 e. The van der Waals surface area contributed by atoms with Crippen LogP contribution >= 0.6 is 23.2 Å². The highest BCUT2D eigenvalue weighted by Gasteiger charge is 2.09. The number of benzene rings is 2. The Morgan fingerprint density at radius 2 is 1.74 bits per heavy atom. The van der Waals surface area contributed by atoms with Gasteiger partial charge < -0.3 is 5.32 Å². The number of nitrogens with zero attached hydrogens (tertiary/aromatic N) is 1. The van der Waals surface area contributed by atoms with Gasteiger partial charge in [-0.25, -0.2) is 5.43 Å². The third kappa shape index (κ3) is 6.10. The van der Waals surface area contributed by atoms with Crippen LogP contribution in [0.1, 0.15) is 12.0 Å². The number of hydrogen-bond donors (Lipinski definition) is 2. The van der Waals surface area contributed by atoms with E-state index in [0.29, 0.717) is 15.7 Å². The summed E-state index contributed by atoms with van der Waals surface area (Å²) in [5, 5.41) is 7.47. The number of nitrogens with one attached hydrogen (secondary N) is 2. The Hall–Kier alpha value is -2.37. The number of carbonyl (C=O) groups excluding carboxylic acids is 2. The van der Waals surface area contributed by atoms with E-state index in [-0.39, 0.29) is 6.42 Å². The van der Waals surface area contributed by atoms with Crippen molar-refractivity contribution >= 4 is 46.9 Å². The third-order valence-corrected chi connectivity index (χ3v) is 3.19. The van der Waals surface area contributed by atoms with Crippen LogP contribution in [0.3, 0.4) is 0 Å². The molecule has 0 aromatic heterocycles. The first-order valence-corrected chi connectivity index (χ1v) is 7.41. The molecule has 0 bridgehead atoms. The van der Waals surface area contributed by atoms with Crippen LogP contribution < -0.4 is 10.7 Å². The summed E-state index contributed by atoms with van der Waals surface area (Å²) in [6, 6.07) is 13.6. The van der Waals surface area contributed by atoms with Crippen molar-refractivity contribution in [2.45, 2.75) is 6.42 Å². The minimum atomic E-state index is -0.519. The van der Waals surface area contributed by atoms with E-state index >= 15 is 0 Å². The summed E-state index contributed by atoms with van der Waals surface area (Å²) in [6.45, 7) is 0. The van der Waals surface area contributed by atoms with Crippen molar-refractivity contribution in [2.75, 3.05) is 5.32 Å². The van der Waals surface area contributed by atoms with Gasteiger partial charge in [0.2, 0.25) is 11.8 Å². The van der Waals surface area contributed by atoms with E-state index < -0.39 is 11.8 Å². The molecule has 7 heteroatoms. The molecule has 2 N–H and O–H groups in total. The number of hydrazone groups is 1. The highest BCUT2D eigenvalue weighted by molar-refractivity contribution is 6.31. The Morgan fingerprint density at radius 1 is 1.00 bits per heavy atom. The molecule has 0 aliphatic heterocycles. The average molecular weight is 350 g/mol. The number of anilines is 1. The quantitative estimate of drug-likeness (QED) is 0.492. The molecule has 0 fully saturated rings. The molecule has 2 aromatic rings. The van der Waals surface area contributed by atoms with Crippen LogP contribution in [0.15, 0.2) is 53.6 Å². The molecule has 0 saturated heterocycles. The molecule has 0 aliphatic carbocycles. The smallest absolute Gasteiger partial charge is 0.249 e. The van der Waals surface area contributed by atoms with Gasteiger partial charge in [-0.05, 0) is 35.9 Å². The maximum atomic E-state index is 11.7. The molecule has 5 nitrogen and oxygen atoms in total. The van der Waals surface area contributed by atoms with E-state index in [0.717, 1.165) is 5.56 Å². The van der Waals surface area contributed by atoms with Gasteiger partial charge in [-0.2, -0.15) is 5.10 Å². The fourth-order valence-electron chi connectivity index (χ4n) is 1.68. The Morgan fingerprint density at radius 3 is 2.43 bits per heavy atom. The molecule has 0 heterocycles. The fraction of sp³-hybridized carbons (Fsp3) is 0.0625. The summed E-state index contributed by atoms with van der Waals surface area (Å²) >= 11 is 11.6. The van der Waals surface area contributed by atoms with E-state index in [2.05, 4.69) is 15.8 Å². The molecular weight excluding hydrogens is 337 g/mol. The van der Waals surface area contributed by atoms with Crippen molar-refractivity contribution in [1.29, 1.82) is 0 Å². The van der Waals surface area contributed by atoms with E-state index in [1.807, 2.05) is 0 Å². The topological polar surface area (TPSA) is 70.6 Å². The van der Waals surface area contributed by atoms with Gasteiger partial charge in [-0.3, -0.25) is 9.59 Å².